The summed E-state index contributed by atoms with van der Waals surface area (Å²) in [6.07, 6.45) is 2.94. The molecule has 1 aliphatic carbocycles. The van der Waals surface area contributed by atoms with Gasteiger partial charge in [-0.3, -0.25) is 0 Å². The predicted octanol–water partition coefficient (Wildman–Crippen LogP) is 1.38. The van der Waals surface area contributed by atoms with Crippen LogP contribution in [0, 0.1) is 0 Å². The van der Waals surface area contributed by atoms with Crippen molar-refractivity contribution in [2.45, 2.75) is 31.8 Å². The van der Waals surface area contributed by atoms with Crippen molar-refractivity contribution < 1.29 is 14.6 Å². The molecule has 0 aromatic heterocycles. The number of ether oxygens (including phenoxy) is 1. The van der Waals surface area contributed by atoms with Crippen LogP contribution >= 0.6 is 0 Å². The van der Waals surface area contributed by atoms with Crippen molar-refractivity contribution in [3.05, 3.63) is 39.5 Å². The average molecular weight is 374 g/mol. The average Bonchev–Trinajstić information content (AvgIpc) is 2.61. The zero-order valence-corrected chi connectivity index (χ0v) is 13.3. The fourth-order valence-corrected chi connectivity index (χ4v) is 5.48. The fourth-order valence-electron chi connectivity index (χ4n) is 2.18. The monoisotopic (exact) mass is 376 g/mol. The number of methoxy groups -OCH3 is 1. The summed E-state index contributed by atoms with van der Waals surface area (Å²) in [6.45, 7) is 0. The number of carbonyl (C=O) groups is 1. The molecule has 0 bridgehead atoms. The van der Waals surface area contributed by atoms with Gasteiger partial charge in [0.05, 0.1) is 0 Å². The van der Waals surface area contributed by atoms with Crippen molar-refractivity contribution in [1.82, 2.24) is 0 Å². The van der Waals surface area contributed by atoms with Gasteiger partial charge in [0.25, 0.3) is 0 Å². The van der Waals surface area contributed by atoms with E-state index in [1.807, 2.05) is 18.2 Å². The Hall–Kier alpha value is -0.820. The summed E-state index contributed by atoms with van der Waals surface area (Å²) in [4.78, 5) is 11.9. The van der Waals surface area contributed by atoms with Crippen molar-refractivity contribution in [2.24, 2.45) is 0 Å². The minimum absolute atomic E-state index is 0.356. The van der Waals surface area contributed by atoms with Crippen LogP contribution in [0.15, 0.2) is 39.5 Å². The summed E-state index contributed by atoms with van der Waals surface area (Å²) in [5.41, 5.74) is 0.534. The quantitative estimate of drug-likeness (QED) is 0.643. The molecule has 1 unspecified atom stereocenters. The first-order chi connectivity index (χ1) is 9.22. The molecule has 0 saturated heterocycles. The van der Waals surface area contributed by atoms with E-state index >= 15 is 0 Å². The molecule has 3 nitrogen and oxygen atoms in total. The van der Waals surface area contributed by atoms with Crippen LogP contribution in [0.4, 0.5) is 0 Å². The van der Waals surface area contributed by atoms with Crippen molar-refractivity contribution in [3.63, 3.8) is 0 Å². The van der Waals surface area contributed by atoms with Gasteiger partial charge < -0.3 is 0 Å². The molecule has 0 aliphatic heterocycles. The molecule has 1 aliphatic rings. The molecule has 1 N–H and O–H groups in total. The van der Waals surface area contributed by atoms with E-state index in [0.717, 1.165) is 22.9 Å². The van der Waals surface area contributed by atoms with Crippen molar-refractivity contribution in [3.8, 4) is 0 Å². The van der Waals surface area contributed by atoms with Gasteiger partial charge in [-0.15, -0.1) is 0 Å². The second-order valence-corrected chi connectivity index (χ2v) is 7.84. The Balaban J connectivity index is 2.31. The van der Waals surface area contributed by atoms with Crippen LogP contribution in [0.5, 0.6) is 0 Å². The van der Waals surface area contributed by atoms with Gasteiger partial charge in [0.15, 0.2) is 0 Å². The molecule has 4 heteroatoms. The van der Waals surface area contributed by atoms with Crippen LogP contribution < -0.4 is 3.61 Å². The summed E-state index contributed by atoms with van der Waals surface area (Å²) in [5.74, 6) is -0.356. The van der Waals surface area contributed by atoms with E-state index in [1.54, 1.807) is 0 Å². The number of hydrogen-bond acceptors (Lipinski definition) is 3. The molecule has 1 aromatic carbocycles. The third kappa shape index (κ3) is 3.82. The Labute approximate surface area is 123 Å². The van der Waals surface area contributed by atoms with Crippen LogP contribution in [0.2, 0.25) is 0 Å². The number of aliphatic hydroxyl groups excluding tert-OH is 1. The van der Waals surface area contributed by atoms with Crippen molar-refractivity contribution in [2.75, 3.05) is 7.11 Å². The van der Waals surface area contributed by atoms with E-state index in [1.165, 1.54) is 10.7 Å². The van der Waals surface area contributed by atoms with E-state index in [0.29, 0.717) is 12.0 Å². The molecule has 1 aromatic rings. The molecule has 19 heavy (non-hydrogen) atoms. The molecule has 0 amide bonds. The van der Waals surface area contributed by atoms with Gasteiger partial charge in [-0.05, 0) is 0 Å². The van der Waals surface area contributed by atoms with E-state index in [9.17, 15) is 9.90 Å². The molecule has 0 heterocycles. The third-order valence-electron chi connectivity index (χ3n) is 3.15. The first-order valence-electron chi connectivity index (χ1n) is 6.44. The van der Waals surface area contributed by atoms with Gasteiger partial charge in [-0.2, -0.15) is 0 Å². The molecule has 0 fully saturated rings. The van der Waals surface area contributed by atoms with Gasteiger partial charge in [0, 0.05) is 0 Å². The second-order valence-electron chi connectivity index (χ2n) is 4.51. The van der Waals surface area contributed by atoms with Gasteiger partial charge in [-0.1, -0.05) is 0 Å². The molecule has 102 valence electrons. The van der Waals surface area contributed by atoms with Crippen LogP contribution in [0.1, 0.15) is 25.7 Å². The first-order valence-corrected chi connectivity index (χ1v) is 8.77. The van der Waals surface area contributed by atoms with E-state index in [4.69, 9.17) is 4.74 Å². The van der Waals surface area contributed by atoms with E-state index in [2.05, 4.69) is 12.1 Å². The molecule has 0 saturated carbocycles. The van der Waals surface area contributed by atoms with Crippen molar-refractivity contribution in [1.29, 1.82) is 0 Å². The molecular weight excluding hydrogens is 356 g/mol. The molecule has 0 spiro atoms. The predicted molar refractivity (Wildman–Crippen MR) is 75.3 cm³/mol. The minimum atomic E-state index is -0.654. The number of esters is 1. The maximum absolute atomic E-state index is 11.9. The first kappa shape index (κ1) is 14.6. The topological polar surface area (TPSA) is 46.5 Å². The summed E-state index contributed by atoms with van der Waals surface area (Å²) < 4.78 is 7.28. The van der Waals surface area contributed by atoms with Gasteiger partial charge in [0.1, 0.15) is 0 Å². The fraction of sp³-hybridized carbons (Fsp3) is 0.400. The Bertz CT molecular complexity index is 468. The number of allylic oxidation sites excluding steroid dienone is 1. The molecular formula is C15H18O3Te. The SMILES string of the molecule is COC(=O)C1=C([Te]c2ccccc2)CCCCC1O. The standard InChI is InChI=1S/C15H18O3Te/c1-18-15(17)14-12(16)9-5-6-10-13(14)19-11-7-3-2-4-8-11/h2-4,7-8,12,16H,5-6,9-10H2,1H3. The zero-order valence-electron chi connectivity index (χ0n) is 11.0. The van der Waals surface area contributed by atoms with Crippen LogP contribution in [0.25, 0.3) is 0 Å². The van der Waals surface area contributed by atoms with Gasteiger partial charge >= 0.3 is 124 Å². The Morgan fingerprint density at radius 1 is 1.32 bits per heavy atom. The zero-order chi connectivity index (χ0) is 13.7. The molecule has 2 rings (SSSR count). The second kappa shape index (κ2) is 7.09. The van der Waals surface area contributed by atoms with Crippen molar-refractivity contribution >= 4 is 30.5 Å². The Kier molecular flexibility index (Phi) is 5.45. The van der Waals surface area contributed by atoms with Crippen LogP contribution in [0.3, 0.4) is 0 Å². The maximum atomic E-state index is 11.9. The summed E-state index contributed by atoms with van der Waals surface area (Å²) in [5, 5.41) is 10.2. The Morgan fingerprint density at radius 2 is 2.05 bits per heavy atom. The third-order valence-corrected chi connectivity index (χ3v) is 6.52. The number of aliphatic hydroxyl groups is 1. The molecule has 0 radical (unpaired) electrons. The summed E-state index contributed by atoms with van der Waals surface area (Å²) >= 11 is -0.602. The van der Waals surface area contributed by atoms with Crippen LogP contribution in [-0.4, -0.2) is 45.2 Å². The summed E-state index contributed by atoms with van der Waals surface area (Å²) in [7, 11) is 1.38. The summed E-state index contributed by atoms with van der Waals surface area (Å²) in [6, 6.07) is 10.2. The molecule has 1 atom stereocenters. The number of rotatable bonds is 3. The normalized spacial score (nSPS) is 20.0. The van der Waals surface area contributed by atoms with Gasteiger partial charge in [0.2, 0.25) is 0 Å². The number of carbonyl (C=O) groups excluding carboxylic acids is 1. The van der Waals surface area contributed by atoms with Gasteiger partial charge in [-0.25, -0.2) is 0 Å². The van der Waals surface area contributed by atoms with E-state index in [-0.39, 0.29) is 5.97 Å². The van der Waals surface area contributed by atoms with E-state index < -0.39 is 27.0 Å². The van der Waals surface area contributed by atoms with Crippen LogP contribution in [-0.2, 0) is 9.53 Å². The number of benzene rings is 1. The Morgan fingerprint density at radius 3 is 2.74 bits per heavy atom. The number of hydrogen-bond donors (Lipinski definition) is 1.